The Morgan fingerprint density at radius 3 is 1.38 bits per heavy atom. The van der Waals surface area contributed by atoms with E-state index in [9.17, 15) is 47.0 Å². The van der Waals surface area contributed by atoms with E-state index in [2.05, 4.69) is 0 Å². The number of nitrogens with zero attached hydrogens (tertiary/aromatic N) is 2. The molecule has 3 aromatic rings. The van der Waals surface area contributed by atoms with Crippen LogP contribution in [0.25, 0.3) is 0 Å². The number of hydrogen-bond acceptors (Lipinski definition) is 12. The highest BCUT2D eigenvalue weighted by Crippen LogP contribution is 2.41. The van der Waals surface area contributed by atoms with Crippen molar-refractivity contribution in [1.82, 2.24) is 0 Å². The first-order valence-electron chi connectivity index (χ1n) is 9.58. The summed E-state index contributed by atoms with van der Waals surface area (Å²) in [5.74, 6) is -3.77. The molecule has 0 saturated carbocycles. The highest BCUT2D eigenvalue weighted by Gasteiger charge is 2.28. The average Bonchev–Trinajstić information content (AvgIpc) is 2.83. The van der Waals surface area contributed by atoms with Crippen molar-refractivity contribution in [3.05, 3.63) is 86.5 Å². The van der Waals surface area contributed by atoms with Crippen LogP contribution in [0.3, 0.4) is 0 Å². The lowest BCUT2D eigenvalue weighted by atomic mass is 10.2. The van der Waals surface area contributed by atoms with Gasteiger partial charge in [0.2, 0.25) is 5.75 Å². The molecule has 0 atom stereocenters. The molecule has 0 amide bonds. The second-order valence-electron chi connectivity index (χ2n) is 6.89. The van der Waals surface area contributed by atoms with Crippen molar-refractivity contribution in [2.24, 2.45) is 0 Å². The normalized spacial score (nSPS) is 11.4. The number of benzene rings is 3. The lowest BCUT2D eigenvalue weighted by Gasteiger charge is -2.16. The number of aromatic carboxylic acids is 1. The van der Waals surface area contributed by atoms with Gasteiger partial charge in [-0.3, -0.25) is 20.2 Å². The molecule has 0 aromatic heterocycles. The number of rotatable bonds is 10. The molecule has 3 aromatic carbocycles. The van der Waals surface area contributed by atoms with E-state index in [1.807, 2.05) is 0 Å². The van der Waals surface area contributed by atoms with Gasteiger partial charge in [-0.05, 0) is 24.3 Å². The van der Waals surface area contributed by atoms with Gasteiger partial charge in [0.25, 0.3) is 11.4 Å². The zero-order valence-electron chi connectivity index (χ0n) is 18.3. The number of nitro groups is 2. The summed E-state index contributed by atoms with van der Waals surface area (Å²) >= 11 is 0. The van der Waals surface area contributed by atoms with Gasteiger partial charge in [0.15, 0.2) is 11.5 Å². The monoisotopic (exact) mass is 554 g/mol. The van der Waals surface area contributed by atoms with E-state index < -0.39 is 80.0 Å². The molecule has 0 spiro atoms. The first-order valence-corrected chi connectivity index (χ1v) is 12.4. The minimum atomic E-state index is -4.72. The smallest absolute Gasteiger partial charge is 0.339 e. The van der Waals surface area contributed by atoms with Crippen molar-refractivity contribution in [3.8, 4) is 17.2 Å². The summed E-state index contributed by atoms with van der Waals surface area (Å²) in [6, 6.07) is 8.53. The number of carboxylic acids is 1. The molecule has 0 heterocycles. The van der Waals surface area contributed by atoms with Crippen molar-refractivity contribution in [3.63, 3.8) is 0 Å². The lowest BCUT2D eigenvalue weighted by molar-refractivity contribution is -0.385. The summed E-state index contributed by atoms with van der Waals surface area (Å²) in [6.07, 6.45) is 0. The molecule has 15 nitrogen and oxygen atoms in total. The molecule has 0 unspecified atom stereocenters. The van der Waals surface area contributed by atoms with Crippen LogP contribution >= 0.6 is 0 Å². The highest BCUT2D eigenvalue weighted by atomic mass is 32.2. The molecule has 0 fully saturated rings. The van der Waals surface area contributed by atoms with E-state index in [4.69, 9.17) is 13.1 Å². The van der Waals surface area contributed by atoms with Crippen molar-refractivity contribution in [2.75, 3.05) is 7.11 Å². The second kappa shape index (κ2) is 10.1. The zero-order valence-corrected chi connectivity index (χ0v) is 20.0. The molecule has 0 radical (unpaired) electrons. The summed E-state index contributed by atoms with van der Waals surface area (Å²) in [5.41, 5.74) is -1.46. The molecule has 1 N–H and O–H groups in total. The quantitative estimate of drug-likeness (QED) is 0.217. The molecule has 37 heavy (non-hydrogen) atoms. The number of carboxylic acid groups (broad SMARTS) is 1. The van der Waals surface area contributed by atoms with Crippen LogP contribution in [0.2, 0.25) is 0 Å². The van der Waals surface area contributed by atoms with E-state index in [1.54, 1.807) is 0 Å². The molecule has 0 aliphatic rings. The van der Waals surface area contributed by atoms with E-state index in [0.717, 1.165) is 67.8 Å². The number of nitro benzene ring substituents is 2. The van der Waals surface area contributed by atoms with Crippen LogP contribution in [-0.2, 0) is 20.2 Å². The summed E-state index contributed by atoms with van der Waals surface area (Å²) in [6.45, 7) is 0. The van der Waals surface area contributed by atoms with Gasteiger partial charge < -0.3 is 18.2 Å². The van der Waals surface area contributed by atoms with E-state index in [-0.39, 0.29) is 0 Å². The average molecular weight is 554 g/mol. The number of carbonyl (C=O) groups is 1. The molecular weight excluding hydrogens is 540 g/mol. The lowest BCUT2D eigenvalue weighted by Crippen LogP contribution is -2.14. The Hall–Kier alpha value is -4.77. The van der Waals surface area contributed by atoms with Gasteiger partial charge in [-0.25, -0.2) is 4.79 Å². The Labute approximate surface area is 208 Å². The number of methoxy groups -OCH3 is 1. The molecule has 17 heteroatoms. The number of ether oxygens (including phenoxy) is 1. The Morgan fingerprint density at radius 2 is 1.11 bits per heavy atom. The molecule has 0 aliphatic carbocycles. The van der Waals surface area contributed by atoms with Crippen molar-refractivity contribution < 1.29 is 49.7 Å². The molecule has 194 valence electrons. The van der Waals surface area contributed by atoms with Gasteiger partial charge in [0.1, 0.15) is 9.79 Å². The summed E-state index contributed by atoms with van der Waals surface area (Å²) < 4.78 is 65.9. The highest BCUT2D eigenvalue weighted by molar-refractivity contribution is 7.87. The van der Waals surface area contributed by atoms with Gasteiger partial charge in [0.05, 0.1) is 22.5 Å². The topological polar surface area (TPSA) is 220 Å². The van der Waals surface area contributed by atoms with Crippen LogP contribution in [-0.4, -0.2) is 44.9 Å². The SMILES string of the molecule is COc1c(OS(=O)(=O)c2ccc([N+](=O)[O-])cc2)cc(C(=O)O)cc1OS(=O)(=O)c1ccc([N+](=O)[O-])cc1. The molecule has 0 bridgehead atoms. The maximum Gasteiger partial charge on any atom is 0.339 e. The summed E-state index contributed by atoms with van der Waals surface area (Å²) in [5, 5.41) is 31.0. The standard InChI is InChI=1S/C20H14N2O13S2/c1-33-19-17(34-36(29,30)15-6-2-13(3-7-15)21(25)26)10-12(20(23)24)11-18(19)35-37(31,32)16-8-4-14(5-9-16)22(27)28/h2-11H,1H3,(H,23,24). The molecule has 0 saturated heterocycles. The van der Waals surface area contributed by atoms with Crippen LogP contribution < -0.4 is 13.1 Å². The van der Waals surface area contributed by atoms with Gasteiger partial charge in [-0.2, -0.15) is 16.8 Å². The van der Waals surface area contributed by atoms with Crippen LogP contribution in [0.5, 0.6) is 17.2 Å². The molecule has 3 rings (SSSR count). The maximum absolute atomic E-state index is 12.7. The molecule has 0 aliphatic heterocycles. The van der Waals surface area contributed by atoms with Crippen molar-refractivity contribution >= 4 is 37.6 Å². The Bertz CT molecular complexity index is 1490. The zero-order chi connectivity index (χ0) is 27.5. The van der Waals surface area contributed by atoms with Crippen LogP contribution in [0.1, 0.15) is 10.4 Å². The van der Waals surface area contributed by atoms with Crippen LogP contribution in [0, 0.1) is 20.2 Å². The fourth-order valence-corrected chi connectivity index (χ4v) is 4.68. The minimum absolute atomic E-state index is 0.406. The third-order valence-corrected chi connectivity index (χ3v) is 7.04. The Kier molecular flexibility index (Phi) is 7.30. The number of non-ortho nitro benzene ring substituents is 2. The largest absolute Gasteiger partial charge is 0.490 e. The first-order chi connectivity index (χ1) is 17.2. The summed E-state index contributed by atoms with van der Waals surface area (Å²) in [4.78, 5) is 30.6. The van der Waals surface area contributed by atoms with Crippen LogP contribution in [0.15, 0.2) is 70.5 Å². The second-order valence-corrected chi connectivity index (χ2v) is 9.98. The fourth-order valence-electron chi connectivity index (χ4n) is 2.83. The minimum Gasteiger partial charge on any atom is -0.490 e. The Balaban J connectivity index is 2.05. The van der Waals surface area contributed by atoms with Gasteiger partial charge in [-0.15, -0.1) is 0 Å². The van der Waals surface area contributed by atoms with Crippen molar-refractivity contribution in [1.29, 1.82) is 0 Å². The Morgan fingerprint density at radius 1 is 0.757 bits per heavy atom. The van der Waals surface area contributed by atoms with E-state index >= 15 is 0 Å². The predicted molar refractivity (Wildman–Crippen MR) is 122 cm³/mol. The summed E-state index contributed by atoms with van der Waals surface area (Å²) in [7, 11) is -8.45. The third kappa shape index (κ3) is 5.90. The first kappa shape index (κ1) is 26.8. The van der Waals surface area contributed by atoms with Crippen LogP contribution in [0.4, 0.5) is 11.4 Å². The van der Waals surface area contributed by atoms with E-state index in [1.165, 1.54) is 0 Å². The van der Waals surface area contributed by atoms with Gasteiger partial charge in [0, 0.05) is 36.4 Å². The van der Waals surface area contributed by atoms with E-state index in [0.29, 0.717) is 0 Å². The maximum atomic E-state index is 12.7. The molecular formula is C20H14N2O13S2. The van der Waals surface area contributed by atoms with Crippen molar-refractivity contribution in [2.45, 2.75) is 9.79 Å². The number of hydrogen-bond donors (Lipinski definition) is 1. The third-order valence-electron chi connectivity index (χ3n) is 4.54. The van der Waals surface area contributed by atoms with Gasteiger partial charge >= 0.3 is 26.2 Å². The van der Waals surface area contributed by atoms with Gasteiger partial charge in [-0.1, -0.05) is 0 Å². The fraction of sp³-hybridized carbons (Fsp3) is 0.0500. The predicted octanol–water partition coefficient (Wildman–Crippen LogP) is 2.75.